The number of amides is 6. The molecule has 6 saturated heterocycles. The molecular weight excluding hydrogens is 1370 g/mol. The van der Waals surface area contributed by atoms with Crippen molar-refractivity contribution >= 4 is 70.5 Å². The van der Waals surface area contributed by atoms with Crippen LogP contribution in [-0.2, 0) is 14.2 Å². The number of hydrogen-bond donors (Lipinski definition) is 9. The molecule has 9 heterocycles. The summed E-state index contributed by atoms with van der Waals surface area (Å²) < 4.78 is 16.6. The smallest absolute Gasteiger partial charge is 0.321 e. The number of aromatic nitrogens is 6. The summed E-state index contributed by atoms with van der Waals surface area (Å²) in [7, 11) is 0. The van der Waals surface area contributed by atoms with Crippen molar-refractivity contribution in [1.82, 2.24) is 44.6 Å². The molecule has 6 amide bonds. The average molecular weight is 1480 g/mol. The number of aryl methyl sites for hydroxylation is 3. The Hall–Kier alpha value is -8.73. The van der Waals surface area contributed by atoms with Gasteiger partial charge in [0.25, 0.3) is 0 Å². The van der Waals surface area contributed by atoms with Gasteiger partial charge in [-0.15, -0.1) is 0 Å². The SMILES string of the molecule is CC[C@@H]1CCN(C(=O)Nc2ccc(C)c(-c3cc(N4CCOCC4)nc(NC4CCC(O)C4)n3)c2)C1.CC[C@@H]1CCN(C(=O)Nc2ccc(C)c(-c3cc(N4CCOCC4)nc(N[C@@H]4CC[C@H](O)C4)n3)c2)C1.CC[C@@H]1CCN(C(=O)Nc2ccc(C)c(-c3cc(N4CCOCC4)nc(N[C@H]4CC[C@@H](O)C4)n3)c2)C1. The van der Waals surface area contributed by atoms with Crippen LogP contribution in [0.3, 0.4) is 0 Å². The Bertz CT molecular complexity index is 3620. The Labute approximate surface area is 636 Å². The highest BCUT2D eigenvalue weighted by Gasteiger charge is 2.32. The molecule has 3 aliphatic carbocycles. The molecule has 0 spiro atoms. The Balaban J connectivity index is 0.000000143. The minimum atomic E-state index is -0.268. The van der Waals surface area contributed by atoms with Gasteiger partial charge < -0.3 is 90.8 Å². The Kier molecular flexibility index (Phi) is 26.3. The first kappa shape index (κ1) is 77.4. The Morgan fingerprint density at radius 3 is 0.898 bits per heavy atom. The Morgan fingerprint density at radius 1 is 0.380 bits per heavy atom. The van der Waals surface area contributed by atoms with Gasteiger partial charge in [-0.25, -0.2) is 29.3 Å². The topological polar surface area (TPSA) is 309 Å². The molecule has 3 aromatic heterocycles. The van der Waals surface area contributed by atoms with Gasteiger partial charge in [0.05, 0.1) is 75.0 Å². The van der Waals surface area contributed by atoms with Crippen LogP contribution in [0, 0.1) is 38.5 Å². The van der Waals surface area contributed by atoms with Crippen molar-refractivity contribution < 1.29 is 43.9 Å². The van der Waals surface area contributed by atoms with Gasteiger partial charge in [0.15, 0.2) is 0 Å². The molecule has 9 N–H and O–H groups in total. The number of nitrogens with one attached hydrogen (secondary N) is 6. The maximum Gasteiger partial charge on any atom is 0.321 e. The summed E-state index contributed by atoms with van der Waals surface area (Å²) in [5.74, 6) is 6.09. The fraction of sp³-hybridized carbons (Fsp3) is 0.593. The molecule has 2 unspecified atom stereocenters. The summed E-state index contributed by atoms with van der Waals surface area (Å²) in [6, 6.07) is 24.4. The van der Waals surface area contributed by atoms with Gasteiger partial charge in [-0.05, 0) is 169 Å². The number of morpholine rings is 3. The molecule has 27 nitrogen and oxygen atoms in total. The third-order valence-electron chi connectivity index (χ3n) is 23.1. The highest BCUT2D eigenvalue weighted by atomic mass is 16.5. The fourth-order valence-corrected chi connectivity index (χ4v) is 16.2. The van der Waals surface area contributed by atoms with E-state index in [0.29, 0.717) is 94.5 Å². The number of likely N-dealkylation sites (tertiary alicyclic amines) is 3. The maximum atomic E-state index is 12.9. The van der Waals surface area contributed by atoms with E-state index in [2.05, 4.69) is 88.1 Å². The van der Waals surface area contributed by atoms with Gasteiger partial charge >= 0.3 is 18.1 Å². The van der Waals surface area contributed by atoms with Gasteiger partial charge in [-0.3, -0.25) is 0 Å². The Morgan fingerprint density at radius 2 is 0.657 bits per heavy atom. The van der Waals surface area contributed by atoms with Crippen LogP contribution < -0.4 is 46.6 Å². The van der Waals surface area contributed by atoms with Gasteiger partial charge in [0, 0.05) is 149 Å². The van der Waals surface area contributed by atoms with Crippen molar-refractivity contribution in [3.8, 4) is 33.8 Å². The third kappa shape index (κ3) is 20.4. The minimum absolute atomic E-state index is 0.0420. The minimum Gasteiger partial charge on any atom is -0.393 e. The molecule has 9 fully saturated rings. The van der Waals surface area contributed by atoms with Crippen LogP contribution in [0.25, 0.3) is 33.8 Å². The predicted molar refractivity (Wildman–Crippen MR) is 424 cm³/mol. The van der Waals surface area contributed by atoms with Crippen LogP contribution in [0.4, 0.5) is 66.7 Å². The lowest BCUT2D eigenvalue weighted by molar-refractivity contribution is 0.122. The summed E-state index contributed by atoms with van der Waals surface area (Å²) in [4.78, 5) is 80.2. The van der Waals surface area contributed by atoms with Crippen molar-refractivity contribution in [3.63, 3.8) is 0 Å². The first-order valence-corrected chi connectivity index (χ1v) is 39.9. The van der Waals surface area contributed by atoms with Crippen molar-refractivity contribution in [2.45, 2.75) is 174 Å². The number of carbonyl (C=O) groups is 3. The van der Waals surface area contributed by atoms with E-state index in [1.807, 2.05) is 87.5 Å². The number of hydrogen-bond acceptors (Lipinski definition) is 21. The quantitative estimate of drug-likeness (QED) is 0.0386. The van der Waals surface area contributed by atoms with E-state index in [1.165, 1.54) is 0 Å². The monoisotopic (exact) mass is 1480 g/mol. The van der Waals surface area contributed by atoms with E-state index < -0.39 is 0 Å². The molecule has 27 heteroatoms. The lowest BCUT2D eigenvalue weighted by Crippen LogP contribution is -2.37. The van der Waals surface area contributed by atoms with Crippen molar-refractivity contribution in [2.24, 2.45) is 17.8 Å². The molecule has 9 aliphatic rings. The lowest BCUT2D eigenvalue weighted by Gasteiger charge is -2.28. The highest BCUT2D eigenvalue weighted by Crippen LogP contribution is 2.36. The van der Waals surface area contributed by atoms with Gasteiger partial charge in [-0.2, -0.15) is 15.0 Å². The van der Waals surface area contributed by atoms with E-state index in [-0.39, 0.29) is 54.5 Å². The number of urea groups is 3. The normalized spacial score (nSPS) is 24.2. The highest BCUT2D eigenvalue weighted by molar-refractivity contribution is 5.92. The second-order valence-corrected chi connectivity index (χ2v) is 30.9. The second-order valence-electron chi connectivity index (χ2n) is 30.9. The molecule has 108 heavy (non-hydrogen) atoms. The number of benzene rings is 3. The van der Waals surface area contributed by atoms with Crippen LogP contribution in [-0.4, -0.2) is 233 Å². The second kappa shape index (κ2) is 36.7. The van der Waals surface area contributed by atoms with E-state index in [1.54, 1.807) is 0 Å². The van der Waals surface area contributed by atoms with Crippen molar-refractivity contribution in [2.75, 3.05) is 165 Å². The molecule has 0 radical (unpaired) electrons. The van der Waals surface area contributed by atoms with E-state index in [0.717, 1.165) is 241 Å². The molecule has 6 aromatic rings. The zero-order valence-electron chi connectivity index (χ0n) is 64.1. The first-order valence-electron chi connectivity index (χ1n) is 39.9. The summed E-state index contributed by atoms with van der Waals surface area (Å²) in [6.45, 7) is 26.3. The number of anilines is 9. The molecule has 0 bridgehead atoms. The van der Waals surface area contributed by atoms with Crippen LogP contribution in [0.15, 0.2) is 72.8 Å². The number of aliphatic hydroxyl groups is 3. The molecule has 3 saturated carbocycles. The number of aliphatic hydroxyl groups excluding tert-OH is 3. The molecule has 9 atom stereocenters. The summed E-state index contributed by atoms with van der Waals surface area (Å²) >= 11 is 0. The number of rotatable bonds is 18. The van der Waals surface area contributed by atoms with Crippen LogP contribution >= 0.6 is 0 Å². The van der Waals surface area contributed by atoms with Crippen molar-refractivity contribution in [3.05, 3.63) is 89.5 Å². The van der Waals surface area contributed by atoms with E-state index >= 15 is 0 Å². The van der Waals surface area contributed by atoms with Crippen LogP contribution in [0.5, 0.6) is 0 Å². The molecule has 3 aromatic carbocycles. The first-order chi connectivity index (χ1) is 52.4. The van der Waals surface area contributed by atoms with Crippen LogP contribution in [0.2, 0.25) is 0 Å². The summed E-state index contributed by atoms with van der Waals surface area (Å²) in [5.41, 5.74) is 10.9. The number of carbonyl (C=O) groups excluding carboxylic acids is 3. The van der Waals surface area contributed by atoms with E-state index in [9.17, 15) is 29.7 Å². The number of ether oxygens (including phenoxy) is 3. The van der Waals surface area contributed by atoms with Crippen molar-refractivity contribution in [1.29, 1.82) is 0 Å². The van der Waals surface area contributed by atoms with Crippen LogP contribution in [0.1, 0.15) is 134 Å². The zero-order valence-corrected chi connectivity index (χ0v) is 64.1. The van der Waals surface area contributed by atoms with Gasteiger partial charge in [0.2, 0.25) is 17.8 Å². The third-order valence-corrected chi connectivity index (χ3v) is 23.1. The standard InChI is InChI=1S/3C27H38N6O3/c3*1-3-19-8-9-33(17-19)27(35)29-21-5-4-18(2)23(15-21)24-16-25(32-10-12-36-13-11-32)31-26(30-24)28-20-6-7-22(34)14-20/h3*4-5,15-16,19-20,22,34H,3,6-14,17H2,1-2H3,(H,29,35)(H,28,30,31)/t19-,20?,22?;19-,20+,22-;19-,20-,22+/m111/s1. The largest absolute Gasteiger partial charge is 0.393 e. The maximum absolute atomic E-state index is 12.9. The number of nitrogens with zero attached hydrogens (tertiary/aromatic N) is 12. The molecule has 582 valence electrons. The zero-order chi connectivity index (χ0) is 75.2. The predicted octanol–water partition coefficient (Wildman–Crippen LogP) is 11.6. The molecule has 15 rings (SSSR count). The summed E-state index contributed by atoms with van der Waals surface area (Å²) in [5, 5.41) is 49.6. The lowest BCUT2D eigenvalue weighted by atomic mass is 10.0. The van der Waals surface area contributed by atoms with Gasteiger partial charge in [0.1, 0.15) is 17.5 Å². The fourth-order valence-electron chi connectivity index (χ4n) is 16.2. The molecular formula is C81H114N18O9. The molecule has 6 aliphatic heterocycles. The average Bonchev–Trinajstić information content (AvgIpc) is 1.14. The summed E-state index contributed by atoms with van der Waals surface area (Å²) in [6.07, 6.45) is 12.9. The van der Waals surface area contributed by atoms with E-state index in [4.69, 9.17) is 44.1 Å². The van der Waals surface area contributed by atoms with Gasteiger partial charge in [-0.1, -0.05) is 58.2 Å².